The lowest BCUT2D eigenvalue weighted by Crippen LogP contribution is -2.26. The Kier molecular flexibility index (Phi) is 5.36. The molecule has 150 valence electrons. The molecule has 0 aliphatic heterocycles. The van der Waals surface area contributed by atoms with Crippen LogP contribution in [0.3, 0.4) is 0 Å². The van der Waals surface area contributed by atoms with Gasteiger partial charge in [0.05, 0.1) is 29.6 Å². The average molecular weight is 399 g/mol. The van der Waals surface area contributed by atoms with Crippen LogP contribution in [-0.4, -0.2) is 22.1 Å². The number of ether oxygens (including phenoxy) is 1. The van der Waals surface area contributed by atoms with Gasteiger partial charge in [-0.1, -0.05) is 30.9 Å². The lowest BCUT2D eigenvalue weighted by Gasteiger charge is -2.06. The first-order chi connectivity index (χ1) is 14.6. The van der Waals surface area contributed by atoms with E-state index in [1.54, 1.807) is 19.1 Å². The topological polar surface area (TPSA) is 71.1 Å². The van der Waals surface area contributed by atoms with Crippen molar-refractivity contribution in [3.05, 3.63) is 76.9 Å². The summed E-state index contributed by atoms with van der Waals surface area (Å²) in [6, 6.07) is 14.6. The molecule has 2 heterocycles. The van der Waals surface area contributed by atoms with Gasteiger partial charge in [0.15, 0.2) is 5.52 Å². The minimum absolute atomic E-state index is 0.336. The summed E-state index contributed by atoms with van der Waals surface area (Å²) in [6.45, 7) is 4.61. The quantitative estimate of drug-likeness (QED) is 0.227. The largest absolute Gasteiger partial charge is 0.618 e. The number of carbonyl (C=O) groups is 1. The predicted molar refractivity (Wildman–Crippen MR) is 115 cm³/mol. The van der Waals surface area contributed by atoms with Crippen LogP contribution in [0.1, 0.15) is 35.6 Å². The van der Waals surface area contributed by atoms with E-state index in [9.17, 15) is 10.0 Å². The fraction of sp³-hybridized carbons (Fsp3) is 0.208. The zero-order chi connectivity index (χ0) is 21.1. The zero-order valence-corrected chi connectivity index (χ0v) is 16.9. The fourth-order valence-electron chi connectivity index (χ4n) is 3.50. The number of aryl methyl sites for hydroxylation is 1. The molecular weight excluding hydrogens is 378 g/mol. The van der Waals surface area contributed by atoms with Crippen molar-refractivity contribution in [1.29, 1.82) is 0 Å². The molecule has 0 amide bonds. The van der Waals surface area contributed by atoms with Crippen LogP contribution < -0.4 is 4.73 Å². The molecular formula is C24H21N3O3. The first-order valence-electron chi connectivity index (χ1n) is 9.88. The summed E-state index contributed by atoms with van der Waals surface area (Å²) < 4.78 is 7.93. The van der Waals surface area contributed by atoms with Crippen molar-refractivity contribution in [3.8, 4) is 11.8 Å². The van der Waals surface area contributed by atoms with Crippen molar-refractivity contribution >= 4 is 27.9 Å². The molecule has 6 heteroatoms. The Morgan fingerprint density at radius 1 is 1.17 bits per heavy atom. The fourth-order valence-corrected chi connectivity index (χ4v) is 3.50. The van der Waals surface area contributed by atoms with E-state index in [0.29, 0.717) is 29.7 Å². The van der Waals surface area contributed by atoms with Gasteiger partial charge in [-0.05, 0) is 37.3 Å². The number of nitrogens with zero attached hydrogens (tertiary/aromatic N) is 3. The minimum atomic E-state index is -0.336. The summed E-state index contributed by atoms with van der Waals surface area (Å²) in [4.78, 5) is 16.4. The van der Waals surface area contributed by atoms with Gasteiger partial charge in [-0.2, -0.15) is 4.73 Å². The minimum Gasteiger partial charge on any atom is -0.618 e. The number of hydrogen-bond acceptors (Lipinski definition) is 4. The second-order valence-corrected chi connectivity index (χ2v) is 6.77. The van der Waals surface area contributed by atoms with Crippen molar-refractivity contribution in [1.82, 2.24) is 9.55 Å². The summed E-state index contributed by atoms with van der Waals surface area (Å²) in [5.74, 6) is 6.88. The van der Waals surface area contributed by atoms with E-state index in [2.05, 4.69) is 21.4 Å². The number of aromatic nitrogens is 3. The molecule has 2 aromatic carbocycles. The maximum Gasteiger partial charge on any atom is 0.338 e. The van der Waals surface area contributed by atoms with E-state index < -0.39 is 0 Å². The Morgan fingerprint density at radius 3 is 2.67 bits per heavy atom. The van der Waals surface area contributed by atoms with Gasteiger partial charge in [-0.3, -0.25) is 0 Å². The Morgan fingerprint density at radius 2 is 1.93 bits per heavy atom. The second kappa shape index (κ2) is 8.26. The van der Waals surface area contributed by atoms with E-state index in [-0.39, 0.29) is 5.97 Å². The van der Waals surface area contributed by atoms with Crippen molar-refractivity contribution in [2.24, 2.45) is 0 Å². The standard InChI is InChI=1S/C24H21N3O3/c1-3-22-25-20-16-27(29)21-10-6-5-9-19(21)23(20)26(22)15-7-8-17-11-13-18(14-12-17)24(28)30-4-2/h5-6,9-14,16H,3-4,15H2,1-2H3. The lowest BCUT2D eigenvalue weighted by atomic mass is 10.1. The molecule has 0 spiro atoms. The normalized spacial score (nSPS) is 10.7. The van der Waals surface area contributed by atoms with E-state index in [1.807, 2.05) is 43.3 Å². The van der Waals surface area contributed by atoms with E-state index in [1.165, 1.54) is 6.20 Å². The van der Waals surface area contributed by atoms with Crippen LogP contribution in [-0.2, 0) is 17.7 Å². The molecule has 0 radical (unpaired) electrons. The SMILES string of the molecule is CCOC(=O)c1ccc(C#CCn2c(CC)nc3c[n+]([O-])c4ccccc4c32)cc1. The van der Waals surface area contributed by atoms with Gasteiger partial charge in [0.1, 0.15) is 5.82 Å². The maximum absolute atomic E-state index is 12.3. The molecule has 0 N–H and O–H groups in total. The number of pyridine rings is 1. The van der Waals surface area contributed by atoms with Gasteiger partial charge in [0.25, 0.3) is 0 Å². The third-order valence-corrected chi connectivity index (χ3v) is 4.89. The maximum atomic E-state index is 12.3. The van der Waals surface area contributed by atoms with Crippen LogP contribution >= 0.6 is 0 Å². The molecule has 0 unspecified atom stereocenters. The lowest BCUT2D eigenvalue weighted by molar-refractivity contribution is -0.575. The number of para-hydroxylation sites is 1. The summed E-state index contributed by atoms with van der Waals surface area (Å²) in [5, 5.41) is 13.2. The van der Waals surface area contributed by atoms with Gasteiger partial charge >= 0.3 is 5.97 Å². The number of carbonyl (C=O) groups excluding carboxylic acids is 1. The first-order valence-corrected chi connectivity index (χ1v) is 9.88. The molecule has 0 aliphatic rings. The molecule has 0 fully saturated rings. The average Bonchev–Trinajstić information content (AvgIpc) is 3.12. The van der Waals surface area contributed by atoms with E-state index in [4.69, 9.17) is 4.74 Å². The third kappa shape index (κ3) is 3.58. The van der Waals surface area contributed by atoms with Gasteiger partial charge in [-0.25, -0.2) is 9.78 Å². The highest BCUT2D eigenvalue weighted by Crippen LogP contribution is 2.24. The number of hydrogen-bond donors (Lipinski definition) is 0. The van der Waals surface area contributed by atoms with Crippen LogP contribution in [0.4, 0.5) is 0 Å². The molecule has 0 saturated carbocycles. The van der Waals surface area contributed by atoms with Crippen molar-refractivity contribution in [2.45, 2.75) is 26.8 Å². The summed E-state index contributed by atoms with van der Waals surface area (Å²) >= 11 is 0. The van der Waals surface area contributed by atoms with Crippen LogP contribution in [0.25, 0.3) is 21.9 Å². The molecule has 6 nitrogen and oxygen atoms in total. The van der Waals surface area contributed by atoms with Crippen molar-refractivity contribution in [2.75, 3.05) is 6.61 Å². The van der Waals surface area contributed by atoms with Gasteiger partial charge < -0.3 is 14.5 Å². The number of benzene rings is 2. The second-order valence-electron chi connectivity index (χ2n) is 6.77. The molecule has 4 rings (SSSR count). The smallest absolute Gasteiger partial charge is 0.338 e. The first kappa shape index (κ1) is 19.5. The molecule has 30 heavy (non-hydrogen) atoms. The molecule has 2 aromatic heterocycles. The van der Waals surface area contributed by atoms with Crippen LogP contribution in [0, 0.1) is 17.0 Å². The summed E-state index contributed by atoms with van der Waals surface area (Å²) in [5.41, 5.74) is 3.51. The zero-order valence-electron chi connectivity index (χ0n) is 16.9. The van der Waals surface area contributed by atoms with Crippen molar-refractivity contribution in [3.63, 3.8) is 0 Å². The molecule has 4 aromatic rings. The number of rotatable bonds is 4. The third-order valence-electron chi connectivity index (χ3n) is 4.89. The molecule has 0 atom stereocenters. The molecule has 0 bridgehead atoms. The Labute approximate surface area is 174 Å². The predicted octanol–water partition coefficient (Wildman–Crippen LogP) is 3.61. The van der Waals surface area contributed by atoms with Crippen LogP contribution in [0.2, 0.25) is 0 Å². The number of imidazole rings is 1. The summed E-state index contributed by atoms with van der Waals surface area (Å²) in [7, 11) is 0. The Balaban J connectivity index is 1.68. The van der Waals surface area contributed by atoms with Crippen LogP contribution in [0.5, 0.6) is 0 Å². The van der Waals surface area contributed by atoms with Gasteiger partial charge in [-0.15, -0.1) is 0 Å². The van der Waals surface area contributed by atoms with E-state index in [0.717, 1.165) is 33.4 Å². The number of esters is 1. The number of fused-ring (bicyclic) bond motifs is 3. The van der Waals surface area contributed by atoms with Crippen molar-refractivity contribution < 1.29 is 14.3 Å². The van der Waals surface area contributed by atoms with Crippen LogP contribution in [0.15, 0.2) is 54.7 Å². The molecule has 0 saturated heterocycles. The Hall–Kier alpha value is -3.85. The Bertz CT molecular complexity index is 1290. The highest BCUT2D eigenvalue weighted by Gasteiger charge is 2.17. The van der Waals surface area contributed by atoms with Gasteiger partial charge in [0.2, 0.25) is 11.7 Å². The van der Waals surface area contributed by atoms with E-state index >= 15 is 0 Å². The van der Waals surface area contributed by atoms with Gasteiger partial charge in [0, 0.05) is 18.1 Å². The summed E-state index contributed by atoms with van der Waals surface area (Å²) in [6.07, 6.45) is 2.26. The highest BCUT2D eigenvalue weighted by molar-refractivity contribution is 6.00. The monoisotopic (exact) mass is 399 g/mol. The highest BCUT2D eigenvalue weighted by atomic mass is 16.5. The molecule has 0 aliphatic carbocycles.